The average Bonchev–Trinajstić information content (AvgIpc) is 2.36. The predicted octanol–water partition coefficient (Wildman–Crippen LogP) is 3.54. The van der Waals surface area contributed by atoms with E-state index in [0.29, 0.717) is 0 Å². The second kappa shape index (κ2) is 8.28. The fraction of sp³-hybridized carbons (Fsp3) is 0.625. The Balaban J connectivity index is 2.30. The first-order valence-electron chi connectivity index (χ1n) is 7.06. The van der Waals surface area contributed by atoms with Gasteiger partial charge in [-0.1, -0.05) is 49.6 Å². The summed E-state index contributed by atoms with van der Waals surface area (Å²) in [4.78, 5) is 2.31. The molecule has 1 rings (SSSR count). The highest BCUT2D eigenvalue weighted by molar-refractivity contribution is 5.23. The van der Waals surface area contributed by atoms with Crippen molar-refractivity contribution in [3.8, 4) is 0 Å². The van der Waals surface area contributed by atoms with Crippen molar-refractivity contribution in [3.63, 3.8) is 0 Å². The number of aliphatic hydroxyl groups is 1. The lowest BCUT2D eigenvalue weighted by molar-refractivity contribution is 0.148. The molecule has 18 heavy (non-hydrogen) atoms. The van der Waals surface area contributed by atoms with Crippen molar-refractivity contribution < 1.29 is 5.11 Å². The molecule has 0 aliphatic heterocycles. The van der Waals surface area contributed by atoms with E-state index in [-0.39, 0.29) is 6.10 Å². The van der Waals surface area contributed by atoms with Crippen LogP contribution < -0.4 is 0 Å². The average molecular weight is 249 g/mol. The Morgan fingerprint density at radius 2 is 2.00 bits per heavy atom. The molecule has 1 N–H and O–H groups in total. The van der Waals surface area contributed by atoms with Gasteiger partial charge in [0.15, 0.2) is 0 Å². The van der Waals surface area contributed by atoms with Gasteiger partial charge in [-0.3, -0.25) is 0 Å². The number of aryl methyl sites for hydroxylation is 1. The third-order valence-corrected chi connectivity index (χ3v) is 3.35. The molecule has 1 aromatic carbocycles. The largest absolute Gasteiger partial charge is 0.388 e. The lowest BCUT2D eigenvalue weighted by Crippen LogP contribution is -2.22. The number of rotatable bonds is 8. The van der Waals surface area contributed by atoms with Crippen LogP contribution in [0.2, 0.25) is 0 Å². The van der Waals surface area contributed by atoms with Gasteiger partial charge >= 0.3 is 0 Å². The van der Waals surface area contributed by atoms with Crippen LogP contribution in [0, 0.1) is 6.92 Å². The Morgan fingerprint density at radius 3 is 2.67 bits per heavy atom. The summed E-state index contributed by atoms with van der Waals surface area (Å²) < 4.78 is 0. The van der Waals surface area contributed by atoms with Crippen LogP contribution in [0.15, 0.2) is 24.3 Å². The van der Waals surface area contributed by atoms with E-state index in [9.17, 15) is 5.11 Å². The molecule has 2 heteroatoms. The van der Waals surface area contributed by atoms with Crippen molar-refractivity contribution in [2.75, 3.05) is 20.1 Å². The van der Waals surface area contributed by atoms with Crippen LogP contribution in [0.4, 0.5) is 0 Å². The number of benzene rings is 1. The van der Waals surface area contributed by atoms with Gasteiger partial charge in [0.05, 0.1) is 6.10 Å². The molecule has 1 unspecified atom stereocenters. The van der Waals surface area contributed by atoms with Crippen molar-refractivity contribution in [1.29, 1.82) is 0 Å². The van der Waals surface area contributed by atoms with Gasteiger partial charge in [-0.2, -0.15) is 0 Å². The van der Waals surface area contributed by atoms with E-state index in [1.54, 1.807) is 0 Å². The molecule has 1 aromatic rings. The zero-order valence-corrected chi connectivity index (χ0v) is 12.0. The van der Waals surface area contributed by atoms with Crippen LogP contribution in [-0.4, -0.2) is 30.1 Å². The van der Waals surface area contributed by atoms with Crippen molar-refractivity contribution >= 4 is 0 Å². The van der Waals surface area contributed by atoms with Crippen LogP contribution >= 0.6 is 0 Å². The molecular weight excluding hydrogens is 222 g/mol. The maximum absolute atomic E-state index is 10.1. The Labute approximate surface area is 112 Å². The Kier molecular flexibility index (Phi) is 6.99. The highest BCUT2D eigenvalue weighted by Crippen LogP contribution is 2.17. The van der Waals surface area contributed by atoms with E-state index >= 15 is 0 Å². The molecule has 0 aliphatic rings. The highest BCUT2D eigenvalue weighted by Gasteiger charge is 2.08. The first kappa shape index (κ1) is 15.2. The third kappa shape index (κ3) is 5.65. The van der Waals surface area contributed by atoms with E-state index in [1.165, 1.54) is 24.8 Å². The lowest BCUT2D eigenvalue weighted by atomic mass is 10.0. The van der Waals surface area contributed by atoms with Crippen molar-refractivity contribution in [2.45, 2.75) is 45.6 Å². The smallest absolute Gasteiger partial charge is 0.0802 e. The van der Waals surface area contributed by atoms with Gasteiger partial charge in [-0.05, 0) is 38.9 Å². The standard InChI is InChI=1S/C16H27NO/c1-4-5-6-11-17(3)12-10-16(18)15-9-7-8-14(2)13-15/h7-9,13,16,18H,4-6,10-12H2,1-3H3. The molecule has 0 saturated heterocycles. The van der Waals surface area contributed by atoms with Gasteiger partial charge in [0.1, 0.15) is 0 Å². The van der Waals surface area contributed by atoms with Crippen LogP contribution in [0.25, 0.3) is 0 Å². The summed E-state index contributed by atoms with van der Waals surface area (Å²) in [7, 11) is 2.14. The van der Waals surface area contributed by atoms with Gasteiger partial charge in [-0.15, -0.1) is 0 Å². The van der Waals surface area contributed by atoms with Gasteiger partial charge in [-0.25, -0.2) is 0 Å². The Morgan fingerprint density at radius 1 is 1.22 bits per heavy atom. The first-order valence-corrected chi connectivity index (χ1v) is 7.06. The Hall–Kier alpha value is -0.860. The second-order valence-electron chi connectivity index (χ2n) is 5.23. The van der Waals surface area contributed by atoms with Crippen molar-refractivity contribution in [2.24, 2.45) is 0 Å². The molecule has 0 saturated carbocycles. The maximum Gasteiger partial charge on any atom is 0.0802 e. The van der Waals surface area contributed by atoms with Crippen molar-refractivity contribution in [3.05, 3.63) is 35.4 Å². The highest BCUT2D eigenvalue weighted by atomic mass is 16.3. The van der Waals surface area contributed by atoms with E-state index in [1.807, 2.05) is 12.1 Å². The minimum Gasteiger partial charge on any atom is -0.388 e. The maximum atomic E-state index is 10.1. The molecule has 0 aliphatic carbocycles. The number of aliphatic hydroxyl groups excluding tert-OH is 1. The van der Waals surface area contributed by atoms with Gasteiger partial charge in [0.25, 0.3) is 0 Å². The zero-order valence-electron chi connectivity index (χ0n) is 12.0. The van der Waals surface area contributed by atoms with Crippen LogP contribution in [-0.2, 0) is 0 Å². The third-order valence-electron chi connectivity index (χ3n) is 3.35. The molecule has 2 nitrogen and oxygen atoms in total. The number of hydrogen-bond acceptors (Lipinski definition) is 2. The van der Waals surface area contributed by atoms with Gasteiger partial charge < -0.3 is 10.0 Å². The SMILES string of the molecule is CCCCCN(C)CCC(O)c1cccc(C)c1. The summed E-state index contributed by atoms with van der Waals surface area (Å²) in [5.74, 6) is 0. The minimum absolute atomic E-state index is 0.335. The summed E-state index contributed by atoms with van der Waals surface area (Å²) in [5.41, 5.74) is 2.25. The summed E-state index contributed by atoms with van der Waals surface area (Å²) in [5, 5.41) is 10.1. The van der Waals surface area contributed by atoms with E-state index in [2.05, 4.69) is 37.9 Å². The van der Waals surface area contributed by atoms with E-state index in [0.717, 1.165) is 25.1 Å². The molecule has 0 amide bonds. The van der Waals surface area contributed by atoms with E-state index in [4.69, 9.17) is 0 Å². The first-order chi connectivity index (χ1) is 8.63. The van der Waals surface area contributed by atoms with Crippen LogP contribution in [0.3, 0.4) is 0 Å². The summed E-state index contributed by atoms with van der Waals surface area (Å²) in [6.45, 7) is 6.38. The number of unbranched alkanes of at least 4 members (excludes halogenated alkanes) is 2. The minimum atomic E-state index is -0.335. The quantitative estimate of drug-likeness (QED) is 0.712. The van der Waals surface area contributed by atoms with Crippen molar-refractivity contribution in [1.82, 2.24) is 4.90 Å². The summed E-state index contributed by atoms with van der Waals surface area (Å²) in [6, 6.07) is 8.16. The molecule has 102 valence electrons. The normalized spacial score (nSPS) is 12.9. The lowest BCUT2D eigenvalue weighted by Gasteiger charge is -2.19. The second-order valence-corrected chi connectivity index (χ2v) is 5.23. The molecule has 0 heterocycles. The van der Waals surface area contributed by atoms with Gasteiger partial charge in [0.2, 0.25) is 0 Å². The molecule has 0 spiro atoms. The molecule has 0 bridgehead atoms. The summed E-state index contributed by atoms with van der Waals surface area (Å²) >= 11 is 0. The number of nitrogens with zero attached hydrogens (tertiary/aromatic N) is 1. The topological polar surface area (TPSA) is 23.5 Å². The Bertz CT molecular complexity index is 338. The van der Waals surface area contributed by atoms with Gasteiger partial charge in [0, 0.05) is 6.54 Å². The van der Waals surface area contributed by atoms with Crippen LogP contribution in [0.5, 0.6) is 0 Å². The fourth-order valence-corrected chi connectivity index (χ4v) is 2.13. The molecule has 0 radical (unpaired) electrons. The van der Waals surface area contributed by atoms with E-state index < -0.39 is 0 Å². The molecule has 1 atom stereocenters. The fourth-order valence-electron chi connectivity index (χ4n) is 2.13. The molecule has 0 aromatic heterocycles. The summed E-state index contributed by atoms with van der Waals surface area (Å²) in [6.07, 6.45) is 4.29. The predicted molar refractivity (Wildman–Crippen MR) is 77.8 cm³/mol. The molecular formula is C16H27NO. The van der Waals surface area contributed by atoms with Crippen LogP contribution in [0.1, 0.15) is 49.8 Å². The number of hydrogen-bond donors (Lipinski definition) is 1. The zero-order chi connectivity index (χ0) is 13.4. The monoisotopic (exact) mass is 249 g/mol. The molecule has 0 fully saturated rings.